The number of carbonyl (C=O) groups excluding carboxylic acids is 1. The first-order valence-electron chi connectivity index (χ1n) is 8.24. The molecule has 0 saturated heterocycles. The van der Waals surface area contributed by atoms with Crippen molar-refractivity contribution in [1.29, 1.82) is 0 Å². The highest BCUT2D eigenvalue weighted by atomic mass is 19.1. The average molecular weight is 339 g/mol. The van der Waals surface area contributed by atoms with E-state index >= 15 is 0 Å². The van der Waals surface area contributed by atoms with Crippen LogP contribution in [0.25, 0.3) is 10.9 Å². The van der Waals surface area contributed by atoms with E-state index in [-0.39, 0.29) is 17.8 Å². The van der Waals surface area contributed by atoms with E-state index in [0.29, 0.717) is 12.2 Å². The Hall–Kier alpha value is -2.66. The fourth-order valence-electron chi connectivity index (χ4n) is 3.07. The number of benzene rings is 2. The summed E-state index contributed by atoms with van der Waals surface area (Å²) in [6, 6.07) is 14.2. The lowest BCUT2D eigenvalue weighted by molar-refractivity contribution is 0.0937. The van der Waals surface area contributed by atoms with E-state index in [2.05, 4.69) is 10.3 Å². The second-order valence-electron chi connectivity index (χ2n) is 6.41. The van der Waals surface area contributed by atoms with Crippen LogP contribution < -0.4 is 5.32 Å². The highest BCUT2D eigenvalue weighted by molar-refractivity contribution is 6.00. The summed E-state index contributed by atoms with van der Waals surface area (Å²) in [4.78, 5) is 17.8. The van der Waals surface area contributed by atoms with Crippen molar-refractivity contribution in [3.8, 4) is 0 Å². The first-order valence-corrected chi connectivity index (χ1v) is 8.24. The number of hydrogen-bond donors (Lipinski definition) is 2. The molecule has 1 aromatic heterocycles. The molecule has 2 aromatic carbocycles. The van der Waals surface area contributed by atoms with Gasteiger partial charge in [0.15, 0.2) is 0 Å². The first-order chi connectivity index (χ1) is 12.0. The van der Waals surface area contributed by atoms with E-state index in [9.17, 15) is 9.18 Å². The molecule has 0 aliphatic heterocycles. The molecule has 1 atom stereocenters. The Morgan fingerprint density at radius 1 is 1.16 bits per heavy atom. The molecule has 5 heteroatoms. The van der Waals surface area contributed by atoms with E-state index in [0.717, 1.165) is 22.0 Å². The molecule has 0 fully saturated rings. The van der Waals surface area contributed by atoms with Crippen molar-refractivity contribution in [1.82, 2.24) is 15.2 Å². The van der Waals surface area contributed by atoms with Crippen LogP contribution >= 0.6 is 0 Å². The predicted molar refractivity (Wildman–Crippen MR) is 98.2 cm³/mol. The SMILES string of the molecule is Cc1c(C(=O)NCC(c2ccc(F)cc2)N(C)C)[nH]c2ccccc12. The summed E-state index contributed by atoms with van der Waals surface area (Å²) in [6.07, 6.45) is 0. The minimum absolute atomic E-state index is 0.0331. The minimum Gasteiger partial charge on any atom is -0.350 e. The van der Waals surface area contributed by atoms with Crippen LogP contribution in [0.3, 0.4) is 0 Å². The molecule has 0 saturated carbocycles. The number of carbonyl (C=O) groups is 1. The monoisotopic (exact) mass is 339 g/mol. The van der Waals surface area contributed by atoms with Crippen molar-refractivity contribution in [2.75, 3.05) is 20.6 Å². The number of fused-ring (bicyclic) bond motifs is 1. The maximum Gasteiger partial charge on any atom is 0.268 e. The van der Waals surface area contributed by atoms with E-state index < -0.39 is 0 Å². The summed E-state index contributed by atoms with van der Waals surface area (Å²) < 4.78 is 13.1. The van der Waals surface area contributed by atoms with Crippen LogP contribution in [0.1, 0.15) is 27.7 Å². The Morgan fingerprint density at radius 3 is 2.48 bits per heavy atom. The van der Waals surface area contributed by atoms with Gasteiger partial charge in [0.1, 0.15) is 11.5 Å². The topological polar surface area (TPSA) is 48.1 Å². The largest absolute Gasteiger partial charge is 0.350 e. The normalized spacial score (nSPS) is 12.5. The van der Waals surface area contributed by atoms with Crippen LogP contribution in [0, 0.1) is 12.7 Å². The second kappa shape index (κ2) is 7.07. The molecule has 1 unspecified atom stereocenters. The summed E-state index contributed by atoms with van der Waals surface area (Å²) in [5, 5.41) is 4.04. The van der Waals surface area contributed by atoms with E-state index in [1.54, 1.807) is 12.1 Å². The third-order valence-electron chi connectivity index (χ3n) is 4.53. The Morgan fingerprint density at radius 2 is 1.84 bits per heavy atom. The number of nitrogens with one attached hydrogen (secondary N) is 2. The summed E-state index contributed by atoms with van der Waals surface area (Å²) in [5.74, 6) is -0.401. The molecule has 3 rings (SSSR count). The number of H-pyrrole nitrogens is 1. The van der Waals surface area contributed by atoms with Gasteiger partial charge in [-0.3, -0.25) is 4.79 Å². The highest BCUT2D eigenvalue weighted by Gasteiger charge is 2.18. The maximum absolute atomic E-state index is 13.1. The number of rotatable bonds is 5. The molecule has 0 radical (unpaired) electrons. The van der Waals surface area contributed by atoms with Crippen molar-refractivity contribution in [2.24, 2.45) is 0 Å². The molecule has 130 valence electrons. The third-order valence-corrected chi connectivity index (χ3v) is 4.53. The molecule has 0 aliphatic rings. The van der Waals surface area contributed by atoms with E-state index in [1.807, 2.05) is 50.2 Å². The standard InChI is InChI=1S/C20H22FN3O/c1-13-16-6-4-5-7-17(16)23-19(13)20(25)22-12-18(24(2)3)14-8-10-15(21)11-9-14/h4-11,18,23H,12H2,1-3H3,(H,22,25). The van der Waals surface area contributed by atoms with Crippen molar-refractivity contribution >= 4 is 16.8 Å². The number of hydrogen-bond acceptors (Lipinski definition) is 2. The predicted octanol–water partition coefficient (Wildman–Crippen LogP) is 3.65. The summed E-state index contributed by atoms with van der Waals surface area (Å²) in [6.45, 7) is 2.38. The van der Waals surface area contributed by atoms with E-state index in [1.165, 1.54) is 12.1 Å². The Bertz CT molecular complexity index is 884. The molecule has 4 nitrogen and oxygen atoms in total. The lowest BCUT2D eigenvalue weighted by Gasteiger charge is -2.25. The molecule has 1 heterocycles. The number of aromatic amines is 1. The van der Waals surface area contributed by atoms with Crippen LogP contribution in [-0.4, -0.2) is 36.4 Å². The molecule has 0 aliphatic carbocycles. The van der Waals surface area contributed by atoms with Gasteiger partial charge in [-0.05, 0) is 50.3 Å². The van der Waals surface area contributed by atoms with Gasteiger partial charge in [-0.15, -0.1) is 0 Å². The smallest absolute Gasteiger partial charge is 0.268 e. The van der Waals surface area contributed by atoms with Gasteiger partial charge in [-0.25, -0.2) is 4.39 Å². The van der Waals surface area contributed by atoms with Crippen LogP contribution in [0.15, 0.2) is 48.5 Å². The minimum atomic E-state index is -0.265. The summed E-state index contributed by atoms with van der Waals surface area (Å²) >= 11 is 0. The zero-order valence-electron chi connectivity index (χ0n) is 14.6. The van der Waals surface area contributed by atoms with Gasteiger partial charge in [-0.2, -0.15) is 0 Å². The average Bonchev–Trinajstić information content (AvgIpc) is 2.93. The van der Waals surface area contributed by atoms with Gasteiger partial charge >= 0.3 is 0 Å². The van der Waals surface area contributed by atoms with Gasteiger partial charge < -0.3 is 15.2 Å². The number of nitrogens with zero attached hydrogens (tertiary/aromatic N) is 1. The second-order valence-corrected chi connectivity index (χ2v) is 6.41. The lowest BCUT2D eigenvalue weighted by atomic mass is 10.1. The fraction of sp³-hybridized carbons (Fsp3) is 0.250. The molecule has 25 heavy (non-hydrogen) atoms. The number of aryl methyl sites for hydroxylation is 1. The molecule has 3 aromatic rings. The Balaban J connectivity index is 1.77. The van der Waals surface area contributed by atoms with Crippen molar-refractivity contribution < 1.29 is 9.18 Å². The molecular weight excluding hydrogens is 317 g/mol. The maximum atomic E-state index is 13.1. The molecule has 0 spiro atoms. The number of halogens is 1. The Labute approximate surface area is 146 Å². The van der Waals surface area contributed by atoms with Crippen molar-refractivity contribution in [2.45, 2.75) is 13.0 Å². The molecular formula is C20H22FN3O. The number of likely N-dealkylation sites (N-methyl/N-ethyl adjacent to an activating group) is 1. The highest BCUT2D eigenvalue weighted by Crippen LogP contribution is 2.22. The van der Waals surface area contributed by atoms with Gasteiger partial charge in [0, 0.05) is 17.4 Å². The van der Waals surface area contributed by atoms with Gasteiger partial charge in [0.05, 0.1) is 6.04 Å². The fourth-order valence-corrected chi connectivity index (χ4v) is 3.07. The lowest BCUT2D eigenvalue weighted by Crippen LogP contribution is -2.35. The number of para-hydroxylation sites is 1. The summed E-state index contributed by atoms with van der Waals surface area (Å²) in [7, 11) is 3.88. The van der Waals surface area contributed by atoms with Crippen molar-refractivity contribution in [3.63, 3.8) is 0 Å². The number of aromatic nitrogens is 1. The summed E-state index contributed by atoms with van der Waals surface area (Å²) in [5.41, 5.74) is 3.43. The molecule has 2 N–H and O–H groups in total. The zero-order valence-corrected chi connectivity index (χ0v) is 14.6. The van der Waals surface area contributed by atoms with Crippen LogP contribution in [0.5, 0.6) is 0 Å². The van der Waals surface area contributed by atoms with Crippen LogP contribution in [-0.2, 0) is 0 Å². The van der Waals surface area contributed by atoms with Gasteiger partial charge in [0.2, 0.25) is 0 Å². The van der Waals surface area contributed by atoms with Crippen molar-refractivity contribution in [3.05, 3.63) is 71.2 Å². The third kappa shape index (κ3) is 3.56. The number of amides is 1. The quantitative estimate of drug-likeness (QED) is 0.745. The van der Waals surface area contributed by atoms with E-state index in [4.69, 9.17) is 0 Å². The van der Waals surface area contributed by atoms with Gasteiger partial charge in [0.25, 0.3) is 5.91 Å². The van der Waals surface area contributed by atoms with Crippen LogP contribution in [0.4, 0.5) is 4.39 Å². The molecule has 0 bridgehead atoms. The first kappa shape index (κ1) is 17.2. The van der Waals surface area contributed by atoms with Gasteiger partial charge in [-0.1, -0.05) is 30.3 Å². The zero-order chi connectivity index (χ0) is 18.0. The Kier molecular flexibility index (Phi) is 4.86. The molecule has 1 amide bonds. The van der Waals surface area contributed by atoms with Crippen LogP contribution in [0.2, 0.25) is 0 Å².